The highest BCUT2D eigenvalue weighted by atomic mass is 35.5. The lowest BCUT2D eigenvalue weighted by molar-refractivity contribution is 0.0954. The van der Waals surface area contributed by atoms with Gasteiger partial charge in [-0.1, -0.05) is 42.6 Å². The molecular formula is C22H26ClN3O3S. The van der Waals surface area contributed by atoms with Crippen molar-refractivity contribution in [2.75, 3.05) is 10.6 Å². The van der Waals surface area contributed by atoms with Crippen molar-refractivity contribution in [1.29, 1.82) is 0 Å². The van der Waals surface area contributed by atoms with Gasteiger partial charge in [-0.25, -0.2) is 13.8 Å². The molecule has 0 spiro atoms. The van der Waals surface area contributed by atoms with E-state index in [1.807, 2.05) is 6.07 Å². The Morgan fingerprint density at radius 2 is 1.67 bits per heavy atom. The summed E-state index contributed by atoms with van der Waals surface area (Å²) in [5.41, 5.74) is 5.23. The summed E-state index contributed by atoms with van der Waals surface area (Å²) >= 11 is 6.19. The number of benzene rings is 2. The van der Waals surface area contributed by atoms with Crippen LogP contribution in [0.2, 0.25) is 5.02 Å². The Balaban J connectivity index is 1.74. The van der Waals surface area contributed by atoms with E-state index in [2.05, 4.69) is 10.5 Å². The molecule has 1 aliphatic carbocycles. The van der Waals surface area contributed by atoms with E-state index in [9.17, 15) is 13.2 Å². The molecule has 1 saturated carbocycles. The predicted octanol–water partition coefficient (Wildman–Crippen LogP) is 4.75. The third-order valence-corrected chi connectivity index (χ3v) is 6.60. The van der Waals surface area contributed by atoms with Gasteiger partial charge in [0.2, 0.25) is 10.0 Å². The topological polar surface area (TPSA) is 78.8 Å². The molecule has 1 fully saturated rings. The van der Waals surface area contributed by atoms with Gasteiger partial charge in [-0.3, -0.25) is 9.10 Å². The number of carbonyl (C=O) groups is 1. The number of rotatable bonds is 6. The number of carbonyl (C=O) groups excluding carboxylic acids is 1. The van der Waals surface area contributed by atoms with Crippen molar-refractivity contribution >= 4 is 38.9 Å². The summed E-state index contributed by atoms with van der Waals surface area (Å²) in [5.74, 6) is -0.310. The standard InChI is InChI=1S/C22H26ClN3O3S/c1-30(28,29)26(16-18-8-6-7-11-21(18)23)20-14-12-17(13-15-20)22(27)25-24-19-9-4-2-3-5-10-19/h6-8,11-15H,2-5,9-10,16H2,1H3,(H,25,27). The van der Waals surface area contributed by atoms with Crippen molar-refractivity contribution in [2.45, 2.75) is 45.1 Å². The fraction of sp³-hybridized carbons (Fsp3) is 0.364. The Morgan fingerprint density at radius 3 is 2.27 bits per heavy atom. The second-order valence-electron chi connectivity index (χ2n) is 7.44. The van der Waals surface area contributed by atoms with Gasteiger partial charge in [-0.15, -0.1) is 0 Å². The average molecular weight is 448 g/mol. The first-order chi connectivity index (χ1) is 14.3. The third-order valence-electron chi connectivity index (χ3n) is 5.09. The van der Waals surface area contributed by atoms with Gasteiger partial charge in [0.25, 0.3) is 5.91 Å². The number of sulfonamides is 1. The maximum Gasteiger partial charge on any atom is 0.271 e. The van der Waals surface area contributed by atoms with E-state index >= 15 is 0 Å². The largest absolute Gasteiger partial charge is 0.271 e. The van der Waals surface area contributed by atoms with Crippen LogP contribution in [0.15, 0.2) is 53.6 Å². The number of anilines is 1. The number of nitrogens with one attached hydrogen (secondary N) is 1. The van der Waals surface area contributed by atoms with Gasteiger partial charge in [0.1, 0.15) is 0 Å². The summed E-state index contributed by atoms with van der Waals surface area (Å²) in [6, 6.07) is 13.5. The van der Waals surface area contributed by atoms with Crippen LogP contribution >= 0.6 is 11.6 Å². The summed E-state index contributed by atoms with van der Waals surface area (Å²) in [5, 5.41) is 4.78. The lowest BCUT2D eigenvalue weighted by atomic mass is 10.1. The van der Waals surface area contributed by atoms with E-state index in [0.29, 0.717) is 21.8 Å². The number of amides is 1. The number of hydrogen-bond acceptors (Lipinski definition) is 4. The van der Waals surface area contributed by atoms with Crippen LogP contribution in [0, 0.1) is 0 Å². The van der Waals surface area contributed by atoms with Crippen LogP contribution < -0.4 is 9.73 Å². The molecule has 6 nitrogen and oxygen atoms in total. The van der Waals surface area contributed by atoms with Crippen LogP contribution in [0.3, 0.4) is 0 Å². The fourth-order valence-corrected chi connectivity index (χ4v) is 4.48. The fourth-order valence-electron chi connectivity index (χ4n) is 3.40. The van der Waals surface area contributed by atoms with Crippen LogP contribution in [0.5, 0.6) is 0 Å². The quantitative estimate of drug-likeness (QED) is 0.512. The normalized spacial score (nSPS) is 14.7. The second-order valence-corrected chi connectivity index (χ2v) is 9.76. The first-order valence-corrected chi connectivity index (χ1v) is 12.2. The van der Waals surface area contributed by atoms with Gasteiger partial charge in [0.05, 0.1) is 18.5 Å². The van der Waals surface area contributed by atoms with E-state index < -0.39 is 10.0 Å². The molecular weight excluding hydrogens is 422 g/mol. The molecule has 3 rings (SSSR count). The smallest absolute Gasteiger partial charge is 0.267 e. The molecule has 8 heteroatoms. The lowest BCUT2D eigenvalue weighted by Gasteiger charge is -2.23. The molecule has 0 heterocycles. The molecule has 160 valence electrons. The predicted molar refractivity (Wildman–Crippen MR) is 122 cm³/mol. The highest BCUT2D eigenvalue weighted by molar-refractivity contribution is 7.92. The minimum atomic E-state index is -3.54. The Morgan fingerprint density at radius 1 is 1.03 bits per heavy atom. The SMILES string of the molecule is CS(=O)(=O)N(Cc1ccccc1Cl)c1ccc(C(=O)NN=C2CCCCCC2)cc1. The number of hydrazone groups is 1. The van der Waals surface area contributed by atoms with Crippen LogP contribution in [-0.4, -0.2) is 26.3 Å². The van der Waals surface area contributed by atoms with Crippen LogP contribution in [0.1, 0.15) is 54.4 Å². The number of nitrogens with zero attached hydrogens (tertiary/aromatic N) is 2. The van der Waals surface area contributed by atoms with E-state index in [1.165, 1.54) is 17.1 Å². The molecule has 30 heavy (non-hydrogen) atoms. The summed E-state index contributed by atoms with van der Waals surface area (Å²) in [6.45, 7) is 0.109. The molecule has 0 aromatic heterocycles. The molecule has 1 aliphatic rings. The summed E-state index contributed by atoms with van der Waals surface area (Å²) in [6.07, 6.45) is 7.62. The summed E-state index contributed by atoms with van der Waals surface area (Å²) < 4.78 is 26.0. The van der Waals surface area contributed by atoms with Crippen molar-refractivity contribution in [3.8, 4) is 0 Å². The van der Waals surface area contributed by atoms with Crippen molar-refractivity contribution in [1.82, 2.24) is 5.43 Å². The van der Waals surface area contributed by atoms with E-state index in [-0.39, 0.29) is 12.5 Å². The van der Waals surface area contributed by atoms with Crippen LogP contribution in [0.4, 0.5) is 5.69 Å². The number of halogens is 1. The van der Waals surface area contributed by atoms with Gasteiger partial charge in [-0.05, 0) is 61.6 Å². The highest BCUT2D eigenvalue weighted by Crippen LogP contribution is 2.24. The van der Waals surface area contributed by atoms with Crippen LogP contribution in [-0.2, 0) is 16.6 Å². The Hall–Kier alpha value is -2.38. The van der Waals surface area contributed by atoms with Gasteiger partial charge in [0, 0.05) is 16.3 Å². The zero-order chi connectivity index (χ0) is 21.6. The van der Waals surface area contributed by atoms with Crippen LogP contribution in [0.25, 0.3) is 0 Å². The molecule has 0 atom stereocenters. The first-order valence-electron chi connectivity index (χ1n) is 10.0. The second kappa shape index (κ2) is 10.1. The molecule has 0 aliphatic heterocycles. The molecule has 0 bridgehead atoms. The molecule has 0 unspecified atom stereocenters. The van der Waals surface area contributed by atoms with Crippen molar-refractivity contribution in [3.05, 3.63) is 64.7 Å². The van der Waals surface area contributed by atoms with Crippen molar-refractivity contribution in [2.24, 2.45) is 5.10 Å². The molecule has 2 aromatic carbocycles. The van der Waals surface area contributed by atoms with Gasteiger partial charge >= 0.3 is 0 Å². The first kappa shape index (κ1) is 22.3. The Bertz CT molecular complexity index is 1010. The maximum atomic E-state index is 12.4. The van der Waals surface area contributed by atoms with Gasteiger partial charge < -0.3 is 0 Å². The third kappa shape index (κ3) is 6.06. The van der Waals surface area contributed by atoms with E-state index in [1.54, 1.807) is 42.5 Å². The molecule has 1 N–H and O–H groups in total. The van der Waals surface area contributed by atoms with Crippen molar-refractivity contribution in [3.63, 3.8) is 0 Å². The molecule has 2 aromatic rings. The van der Waals surface area contributed by atoms with Gasteiger partial charge in [0.15, 0.2) is 0 Å². The molecule has 0 radical (unpaired) electrons. The van der Waals surface area contributed by atoms with E-state index in [0.717, 1.165) is 37.7 Å². The number of hydrogen-bond donors (Lipinski definition) is 1. The Labute approximate surface area is 183 Å². The lowest BCUT2D eigenvalue weighted by Crippen LogP contribution is -2.29. The Kier molecular flexibility index (Phi) is 7.50. The minimum absolute atomic E-state index is 0.109. The monoisotopic (exact) mass is 447 g/mol. The van der Waals surface area contributed by atoms with E-state index in [4.69, 9.17) is 11.6 Å². The zero-order valence-corrected chi connectivity index (χ0v) is 18.5. The highest BCUT2D eigenvalue weighted by Gasteiger charge is 2.19. The zero-order valence-electron chi connectivity index (χ0n) is 17.0. The van der Waals surface area contributed by atoms with Gasteiger partial charge in [-0.2, -0.15) is 5.10 Å². The summed E-state index contributed by atoms with van der Waals surface area (Å²) in [4.78, 5) is 12.4. The average Bonchev–Trinajstić information content (AvgIpc) is 2.99. The van der Waals surface area contributed by atoms with Crippen molar-refractivity contribution < 1.29 is 13.2 Å². The summed E-state index contributed by atoms with van der Waals surface area (Å²) in [7, 11) is -3.54. The maximum absolute atomic E-state index is 12.4. The molecule has 0 saturated heterocycles. The molecule has 1 amide bonds. The minimum Gasteiger partial charge on any atom is -0.267 e.